The molecule has 0 aromatic heterocycles. The molecule has 0 fully saturated rings. The van der Waals surface area contributed by atoms with Crippen LogP contribution in [-0.2, 0) is 19.4 Å². The van der Waals surface area contributed by atoms with Crippen LogP contribution in [0.3, 0.4) is 0 Å². The van der Waals surface area contributed by atoms with E-state index in [1.807, 2.05) is 39.0 Å². The van der Waals surface area contributed by atoms with E-state index in [2.05, 4.69) is 10.6 Å². The maximum absolute atomic E-state index is 12.7. The monoisotopic (exact) mass is 432 g/mol. The molecule has 1 aliphatic rings. The topological polar surface area (TPSA) is 92.3 Å². The van der Waals surface area contributed by atoms with Gasteiger partial charge in [0.05, 0.1) is 16.3 Å². The third-order valence-corrected chi connectivity index (χ3v) is 7.66. The van der Waals surface area contributed by atoms with Crippen molar-refractivity contribution in [1.29, 1.82) is 0 Å². The van der Waals surface area contributed by atoms with E-state index < -0.39 is 9.84 Å². The third-order valence-electron chi connectivity index (χ3n) is 4.61. The van der Waals surface area contributed by atoms with Gasteiger partial charge in [0.25, 0.3) is 0 Å². The van der Waals surface area contributed by atoms with Crippen molar-refractivity contribution in [1.82, 2.24) is 0 Å². The van der Waals surface area contributed by atoms with Crippen molar-refractivity contribution < 1.29 is 18.0 Å². The normalized spacial score (nSPS) is 16.5. The lowest BCUT2D eigenvalue weighted by Crippen LogP contribution is -2.20. The highest BCUT2D eigenvalue weighted by molar-refractivity contribution is 7.99. The van der Waals surface area contributed by atoms with Crippen molar-refractivity contribution in [2.24, 2.45) is 5.92 Å². The molecule has 2 aromatic carbocycles. The minimum absolute atomic E-state index is 0.103. The second kappa shape index (κ2) is 8.59. The maximum Gasteiger partial charge on any atom is 0.228 e. The average Bonchev–Trinajstić information content (AvgIpc) is 2.77. The van der Waals surface area contributed by atoms with Crippen molar-refractivity contribution >= 4 is 44.8 Å². The van der Waals surface area contributed by atoms with Crippen LogP contribution in [0.1, 0.15) is 24.5 Å². The Morgan fingerprint density at radius 3 is 2.55 bits per heavy atom. The minimum Gasteiger partial charge on any atom is -0.326 e. The maximum atomic E-state index is 12.7. The van der Waals surface area contributed by atoms with Crippen molar-refractivity contribution in [2.45, 2.75) is 37.0 Å². The summed E-state index contributed by atoms with van der Waals surface area (Å²) in [4.78, 5) is 25.2. The SMILES string of the molecule is Cc1cc(C)cc(NC(=O)CCS(=O)(=O)c2ccc3c(c2)NC(=O)[C@H](C)CS3)c1. The Morgan fingerprint density at radius 1 is 1.17 bits per heavy atom. The molecule has 0 unspecified atom stereocenters. The minimum atomic E-state index is -3.66. The first-order valence-electron chi connectivity index (χ1n) is 9.33. The van der Waals surface area contributed by atoms with E-state index in [1.54, 1.807) is 6.07 Å². The number of benzene rings is 2. The van der Waals surface area contributed by atoms with Crippen LogP contribution < -0.4 is 10.6 Å². The number of amides is 2. The number of carbonyl (C=O) groups excluding carboxylic acids is 2. The van der Waals surface area contributed by atoms with Crippen LogP contribution in [0.15, 0.2) is 46.2 Å². The highest BCUT2D eigenvalue weighted by atomic mass is 32.2. The molecule has 0 aliphatic carbocycles. The highest BCUT2D eigenvalue weighted by Gasteiger charge is 2.23. The lowest BCUT2D eigenvalue weighted by atomic mass is 10.1. The number of rotatable bonds is 5. The molecule has 0 bridgehead atoms. The molecule has 1 atom stereocenters. The Hall–Kier alpha value is -2.32. The Labute approximate surface area is 175 Å². The zero-order valence-corrected chi connectivity index (χ0v) is 18.2. The number of thioether (sulfide) groups is 1. The number of nitrogens with one attached hydrogen (secondary N) is 2. The van der Waals surface area contributed by atoms with Crippen molar-refractivity contribution in [3.63, 3.8) is 0 Å². The van der Waals surface area contributed by atoms with Crippen LogP contribution in [0.4, 0.5) is 11.4 Å². The number of sulfone groups is 1. The highest BCUT2D eigenvalue weighted by Crippen LogP contribution is 2.34. The number of carbonyl (C=O) groups is 2. The van der Waals surface area contributed by atoms with Gasteiger partial charge in [0, 0.05) is 28.7 Å². The zero-order chi connectivity index (χ0) is 21.2. The summed E-state index contributed by atoms with van der Waals surface area (Å²) >= 11 is 1.52. The first-order valence-corrected chi connectivity index (χ1v) is 12.0. The van der Waals surface area contributed by atoms with E-state index in [0.717, 1.165) is 16.0 Å². The van der Waals surface area contributed by atoms with Gasteiger partial charge in [-0.1, -0.05) is 13.0 Å². The van der Waals surface area contributed by atoms with Gasteiger partial charge in [-0.05, 0) is 55.3 Å². The molecule has 2 amide bonds. The van der Waals surface area contributed by atoms with Gasteiger partial charge in [-0.25, -0.2) is 8.42 Å². The molecule has 154 valence electrons. The molecule has 2 aromatic rings. The summed E-state index contributed by atoms with van der Waals surface area (Å²) in [5.74, 6) is -0.297. The smallest absolute Gasteiger partial charge is 0.228 e. The molecular weight excluding hydrogens is 408 g/mol. The molecule has 0 spiro atoms. The van der Waals surface area contributed by atoms with Crippen molar-refractivity contribution in [3.05, 3.63) is 47.5 Å². The quantitative estimate of drug-likeness (QED) is 0.750. The van der Waals surface area contributed by atoms with E-state index in [4.69, 9.17) is 0 Å². The first-order chi connectivity index (χ1) is 13.6. The molecule has 6 nitrogen and oxygen atoms in total. The summed E-state index contributed by atoms with van der Waals surface area (Å²) in [6, 6.07) is 10.4. The molecular formula is C21H24N2O4S2. The fourth-order valence-corrected chi connectivity index (χ4v) is 5.36. The summed E-state index contributed by atoms with van der Waals surface area (Å²) in [7, 11) is -3.66. The van der Waals surface area contributed by atoms with Crippen LogP contribution >= 0.6 is 11.8 Å². The number of hydrogen-bond donors (Lipinski definition) is 2. The summed E-state index contributed by atoms with van der Waals surface area (Å²) in [6.07, 6.45) is -0.148. The van der Waals surface area contributed by atoms with Gasteiger partial charge < -0.3 is 10.6 Å². The van der Waals surface area contributed by atoms with E-state index in [-0.39, 0.29) is 34.8 Å². The number of aryl methyl sites for hydroxylation is 2. The fourth-order valence-electron chi connectivity index (χ4n) is 3.09. The molecule has 8 heteroatoms. The Bertz CT molecular complexity index is 1040. The number of hydrogen-bond acceptors (Lipinski definition) is 5. The van der Waals surface area contributed by atoms with Gasteiger partial charge in [-0.3, -0.25) is 9.59 Å². The van der Waals surface area contributed by atoms with Gasteiger partial charge in [0.2, 0.25) is 11.8 Å². The van der Waals surface area contributed by atoms with Crippen LogP contribution in [-0.4, -0.2) is 31.7 Å². The lowest BCUT2D eigenvalue weighted by molar-refractivity contribution is -0.118. The van der Waals surface area contributed by atoms with E-state index in [1.165, 1.54) is 23.9 Å². The molecule has 3 rings (SSSR count). The number of fused-ring (bicyclic) bond motifs is 1. The van der Waals surface area contributed by atoms with E-state index in [0.29, 0.717) is 17.1 Å². The Morgan fingerprint density at radius 2 is 1.86 bits per heavy atom. The van der Waals surface area contributed by atoms with E-state index in [9.17, 15) is 18.0 Å². The van der Waals surface area contributed by atoms with Crippen LogP contribution in [0, 0.1) is 19.8 Å². The predicted octanol–water partition coefficient (Wildman–Crippen LogP) is 3.79. The van der Waals surface area contributed by atoms with Crippen LogP contribution in [0.2, 0.25) is 0 Å². The van der Waals surface area contributed by atoms with Crippen molar-refractivity contribution in [3.8, 4) is 0 Å². The second-order valence-electron chi connectivity index (χ2n) is 7.35. The van der Waals surface area contributed by atoms with Gasteiger partial charge in [-0.2, -0.15) is 0 Å². The molecule has 0 saturated carbocycles. The van der Waals surface area contributed by atoms with Gasteiger partial charge >= 0.3 is 0 Å². The van der Waals surface area contributed by atoms with Crippen LogP contribution in [0.5, 0.6) is 0 Å². The Balaban J connectivity index is 1.69. The zero-order valence-electron chi connectivity index (χ0n) is 16.6. The van der Waals surface area contributed by atoms with Gasteiger partial charge in [0.15, 0.2) is 9.84 Å². The summed E-state index contributed by atoms with van der Waals surface area (Å²) in [5.41, 5.74) is 3.20. The summed E-state index contributed by atoms with van der Waals surface area (Å²) < 4.78 is 25.4. The van der Waals surface area contributed by atoms with Crippen LogP contribution in [0.25, 0.3) is 0 Å². The van der Waals surface area contributed by atoms with Gasteiger partial charge in [-0.15, -0.1) is 11.8 Å². The number of anilines is 2. The third kappa shape index (κ3) is 5.39. The molecule has 0 saturated heterocycles. The molecule has 1 aliphatic heterocycles. The summed E-state index contributed by atoms with van der Waals surface area (Å²) in [5, 5.41) is 5.54. The molecule has 0 radical (unpaired) electrons. The molecule has 2 N–H and O–H groups in total. The molecule has 29 heavy (non-hydrogen) atoms. The first kappa shape index (κ1) is 21.4. The fraction of sp³-hybridized carbons (Fsp3) is 0.333. The van der Waals surface area contributed by atoms with E-state index >= 15 is 0 Å². The molecule has 1 heterocycles. The second-order valence-corrected chi connectivity index (χ2v) is 10.5. The average molecular weight is 433 g/mol. The van der Waals surface area contributed by atoms with Gasteiger partial charge in [0.1, 0.15) is 0 Å². The largest absolute Gasteiger partial charge is 0.326 e. The lowest BCUT2D eigenvalue weighted by Gasteiger charge is -2.11. The van der Waals surface area contributed by atoms with Crippen molar-refractivity contribution in [2.75, 3.05) is 22.1 Å². The standard InChI is InChI=1S/C21H24N2O4S2/c1-13-8-14(2)10-16(9-13)22-20(24)6-7-29(26,27)17-4-5-19-18(11-17)23-21(25)15(3)12-28-19/h4-5,8-11,15H,6-7,12H2,1-3H3,(H,22,24)(H,23,25)/t15-/m1/s1. The predicted molar refractivity (Wildman–Crippen MR) is 116 cm³/mol. The Kier molecular flexibility index (Phi) is 6.33. The summed E-state index contributed by atoms with van der Waals surface area (Å²) in [6.45, 7) is 5.70.